The normalized spacial score (nSPS) is 15.2. The van der Waals surface area contributed by atoms with E-state index < -0.39 is 5.97 Å². The van der Waals surface area contributed by atoms with E-state index >= 15 is 0 Å². The molecule has 78 valence electrons. The van der Waals surface area contributed by atoms with Gasteiger partial charge in [0.25, 0.3) is 0 Å². The summed E-state index contributed by atoms with van der Waals surface area (Å²) >= 11 is 0. The Morgan fingerprint density at radius 1 is 1.20 bits per heavy atom. The topological polar surface area (TPSA) is 37.3 Å². The fraction of sp³-hybridized carbons (Fsp3) is 0.308. The number of benzene rings is 1. The third-order valence-corrected chi connectivity index (χ3v) is 2.79. The number of carboxylic acid groups (broad SMARTS) is 1. The molecule has 0 bridgehead atoms. The van der Waals surface area contributed by atoms with E-state index in [4.69, 9.17) is 5.11 Å². The van der Waals surface area contributed by atoms with E-state index in [0.29, 0.717) is 0 Å². The third kappa shape index (κ3) is 2.46. The maximum Gasteiger partial charge on any atom is 0.328 e. The standard InChI is InChI=1S/C13H14O2/c14-13(15)8-6-10-5-7-11-3-1-2-4-12(11)9-10/h5-9H,1-4H2,(H,14,15). The molecule has 0 saturated heterocycles. The van der Waals surface area contributed by atoms with E-state index in [2.05, 4.69) is 12.1 Å². The van der Waals surface area contributed by atoms with Crippen LogP contribution in [-0.2, 0) is 17.6 Å². The summed E-state index contributed by atoms with van der Waals surface area (Å²) in [7, 11) is 0. The van der Waals surface area contributed by atoms with Crippen LogP contribution in [0.1, 0.15) is 29.5 Å². The van der Waals surface area contributed by atoms with Gasteiger partial charge in [-0.15, -0.1) is 0 Å². The second-order valence-corrected chi connectivity index (χ2v) is 3.91. The largest absolute Gasteiger partial charge is 0.478 e. The first kappa shape index (κ1) is 9.97. The van der Waals surface area contributed by atoms with Gasteiger partial charge in [-0.3, -0.25) is 0 Å². The number of aryl methyl sites for hydroxylation is 2. The Balaban J connectivity index is 2.24. The van der Waals surface area contributed by atoms with Crippen LogP contribution in [0.3, 0.4) is 0 Å². The van der Waals surface area contributed by atoms with Crippen molar-refractivity contribution in [3.63, 3.8) is 0 Å². The molecule has 0 atom stereocenters. The monoisotopic (exact) mass is 202 g/mol. The lowest BCUT2D eigenvalue weighted by Gasteiger charge is -2.15. The fourth-order valence-corrected chi connectivity index (χ4v) is 2.02. The van der Waals surface area contributed by atoms with Gasteiger partial charge in [0.05, 0.1) is 0 Å². The van der Waals surface area contributed by atoms with Gasteiger partial charge in [0.1, 0.15) is 0 Å². The molecule has 2 nitrogen and oxygen atoms in total. The van der Waals surface area contributed by atoms with Gasteiger partial charge in [-0.1, -0.05) is 18.2 Å². The Kier molecular flexibility index (Phi) is 2.86. The third-order valence-electron chi connectivity index (χ3n) is 2.79. The fourth-order valence-electron chi connectivity index (χ4n) is 2.02. The molecule has 0 radical (unpaired) electrons. The molecule has 2 heteroatoms. The average molecular weight is 202 g/mol. The molecule has 1 aliphatic rings. The molecular formula is C13H14O2. The predicted octanol–water partition coefficient (Wildman–Crippen LogP) is 2.66. The van der Waals surface area contributed by atoms with E-state index in [1.807, 2.05) is 6.07 Å². The summed E-state index contributed by atoms with van der Waals surface area (Å²) in [6.45, 7) is 0. The molecule has 0 amide bonds. The van der Waals surface area contributed by atoms with E-state index in [-0.39, 0.29) is 0 Å². The smallest absolute Gasteiger partial charge is 0.328 e. The molecule has 0 fully saturated rings. The summed E-state index contributed by atoms with van der Waals surface area (Å²) in [6.07, 6.45) is 7.65. The Hall–Kier alpha value is -1.57. The van der Waals surface area contributed by atoms with Crippen molar-refractivity contribution in [3.8, 4) is 0 Å². The minimum atomic E-state index is -0.896. The first-order chi connectivity index (χ1) is 7.25. The Morgan fingerprint density at radius 2 is 1.93 bits per heavy atom. The summed E-state index contributed by atoms with van der Waals surface area (Å²) in [5, 5.41) is 8.53. The summed E-state index contributed by atoms with van der Waals surface area (Å²) in [5.74, 6) is -0.896. The predicted molar refractivity (Wildman–Crippen MR) is 59.8 cm³/mol. The quantitative estimate of drug-likeness (QED) is 0.748. The van der Waals surface area contributed by atoms with Crippen LogP contribution in [0, 0.1) is 0 Å². The van der Waals surface area contributed by atoms with Crippen molar-refractivity contribution in [2.24, 2.45) is 0 Å². The van der Waals surface area contributed by atoms with Crippen LogP contribution >= 0.6 is 0 Å². The Morgan fingerprint density at radius 3 is 2.67 bits per heavy atom. The van der Waals surface area contributed by atoms with Gasteiger partial charge in [-0.05, 0) is 48.4 Å². The van der Waals surface area contributed by atoms with Crippen molar-refractivity contribution < 1.29 is 9.90 Å². The maximum atomic E-state index is 10.4. The molecule has 1 N–H and O–H groups in total. The van der Waals surface area contributed by atoms with E-state index in [1.165, 1.54) is 30.0 Å². The van der Waals surface area contributed by atoms with E-state index in [1.54, 1.807) is 6.08 Å². The van der Waals surface area contributed by atoms with Crippen molar-refractivity contribution in [2.45, 2.75) is 25.7 Å². The molecule has 2 rings (SSSR count). The zero-order valence-corrected chi connectivity index (χ0v) is 8.57. The van der Waals surface area contributed by atoms with Crippen molar-refractivity contribution in [3.05, 3.63) is 41.0 Å². The number of carbonyl (C=O) groups is 1. The lowest BCUT2D eigenvalue weighted by molar-refractivity contribution is -0.131. The second kappa shape index (κ2) is 4.30. The minimum Gasteiger partial charge on any atom is -0.478 e. The van der Waals surface area contributed by atoms with Gasteiger partial charge >= 0.3 is 5.97 Å². The maximum absolute atomic E-state index is 10.4. The first-order valence-electron chi connectivity index (χ1n) is 5.28. The van der Waals surface area contributed by atoms with Crippen LogP contribution in [0.5, 0.6) is 0 Å². The van der Waals surface area contributed by atoms with Crippen LogP contribution < -0.4 is 0 Å². The number of fused-ring (bicyclic) bond motifs is 1. The molecular weight excluding hydrogens is 188 g/mol. The van der Waals surface area contributed by atoms with Crippen LogP contribution in [0.2, 0.25) is 0 Å². The first-order valence-corrected chi connectivity index (χ1v) is 5.28. The summed E-state index contributed by atoms with van der Waals surface area (Å²) < 4.78 is 0. The number of hydrogen-bond donors (Lipinski definition) is 1. The SMILES string of the molecule is O=C(O)C=Cc1ccc2c(c1)CCCC2. The second-order valence-electron chi connectivity index (χ2n) is 3.91. The van der Waals surface area contributed by atoms with Crippen molar-refractivity contribution in [1.29, 1.82) is 0 Å². The molecule has 0 aromatic heterocycles. The van der Waals surface area contributed by atoms with Crippen LogP contribution in [0.15, 0.2) is 24.3 Å². The summed E-state index contributed by atoms with van der Waals surface area (Å²) in [6, 6.07) is 6.22. The molecule has 0 unspecified atom stereocenters. The summed E-state index contributed by atoms with van der Waals surface area (Å²) in [4.78, 5) is 10.4. The number of carboxylic acids is 1. The van der Waals surface area contributed by atoms with Gasteiger partial charge < -0.3 is 5.11 Å². The van der Waals surface area contributed by atoms with Gasteiger partial charge in [0.15, 0.2) is 0 Å². The highest BCUT2D eigenvalue weighted by molar-refractivity contribution is 5.85. The molecule has 1 aromatic rings. The molecule has 0 aliphatic heterocycles. The van der Waals surface area contributed by atoms with E-state index in [0.717, 1.165) is 18.4 Å². The van der Waals surface area contributed by atoms with Crippen molar-refractivity contribution in [1.82, 2.24) is 0 Å². The van der Waals surface area contributed by atoms with Crippen LogP contribution in [0.25, 0.3) is 6.08 Å². The molecule has 15 heavy (non-hydrogen) atoms. The molecule has 1 aromatic carbocycles. The number of aliphatic carboxylic acids is 1. The number of rotatable bonds is 2. The minimum absolute atomic E-state index is 0.896. The van der Waals surface area contributed by atoms with Crippen LogP contribution in [-0.4, -0.2) is 11.1 Å². The van der Waals surface area contributed by atoms with Crippen molar-refractivity contribution in [2.75, 3.05) is 0 Å². The number of hydrogen-bond acceptors (Lipinski definition) is 1. The molecule has 0 heterocycles. The lowest BCUT2D eigenvalue weighted by Crippen LogP contribution is -2.02. The summed E-state index contributed by atoms with van der Waals surface area (Å²) in [5.41, 5.74) is 3.79. The lowest BCUT2D eigenvalue weighted by atomic mass is 9.90. The average Bonchev–Trinajstić information content (AvgIpc) is 2.26. The van der Waals surface area contributed by atoms with Crippen LogP contribution in [0.4, 0.5) is 0 Å². The van der Waals surface area contributed by atoms with Gasteiger partial charge in [0, 0.05) is 6.08 Å². The van der Waals surface area contributed by atoms with E-state index in [9.17, 15) is 4.79 Å². The molecule has 1 aliphatic carbocycles. The zero-order chi connectivity index (χ0) is 10.7. The van der Waals surface area contributed by atoms with Crippen molar-refractivity contribution >= 4 is 12.0 Å². The molecule has 0 spiro atoms. The zero-order valence-electron chi connectivity index (χ0n) is 8.57. The Labute approximate surface area is 89.2 Å². The molecule has 0 saturated carbocycles. The highest BCUT2D eigenvalue weighted by Gasteiger charge is 2.08. The highest BCUT2D eigenvalue weighted by atomic mass is 16.4. The Bertz CT molecular complexity index is 405. The highest BCUT2D eigenvalue weighted by Crippen LogP contribution is 2.22. The van der Waals surface area contributed by atoms with Gasteiger partial charge in [-0.2, -0.15) is 0 Å². The van der Waals surface area contributed by atoms with Gasteiger partial charge in [-0.25, -0.2) is 4.79 Å². The van der Waals surface area contributed by atoms with Gasteiger partial charge in [0.2, 0.25) is 0 Å².